The lowest BCUT2D eigenvalue weighted by Gasteiger charge is -2.22. The van der Waals surface area contributed by atoms with E-state index in [2.05, 4.69) is 29.9 Å². The lowest BCUT2D eigenvalue weighted by molar-refractivity contribution is 0.179. The van der Waals surface area contributed by atoms with E-state index < -0.39 is 0 Å². The third-order valence-corrected chi connectivity index (χ3v) is 4.32. The number of rotatable bonds is 3. The highest BCUT2D eigenvalue weighted by Crippen LogP contribution is 2.35. The van der Waals surface area contributed by atoms with Crippen molar-refractivity contribution >= 4 is 11.3 Å². The Balaban J connectivity index is 1.86. The number of hydrogen-bond acceptors (Lipinski definition) is 4. The lowest BCUT2D eigenvalue weighted by atomic mass is 9.99. The van der Waals surface area contributed by atoms with E-state index in [-0.39, 0.29) is 12.1 Å². The molecule has 0 radical (unpaired) electrons. The maximum Gasteiger partial charge on any atom is 0.124 e. The molecule has 3 rings (SSSR count). The molecule has 0 saturated heterocycles. The molecule has 2 unspecified atom stereocenters. The lowest BCUT2D eigenvalue weighted by Crippen LogP contribution is -2.39. The number of hydrazine groups is 1. The Morgan fingerprint density at radius 3 is 2.89 bits per heavy atom. The molecule has 4 heteroatoms. The van der Waals surface area contributed by atoms with Gasteiger partial charge in [0.25, 0.3) is 0 Å². The van der Waals surface area contributed by atoms with Gasteiger partial charge in [-0.2, -0.15) is 0 Å². The first kappa shape index (κ1) is 11.7. The van der Waals surface area contributed by atoms with Crippen molar-refractivity contribution in [3.8, 4) is 5.75 Å². The van der Waals surface area contributed by atoms with Gasteiger partial charge in [-0.05, 0) is 35.6 Å². The number of nitrogens with two attached hydrogens (primary N) is 1. The van der Waals surface area contributed by atoms with Crippen molar-refractivity contribution in [1.82, 2.24) is 5.43 Å². The van der Waals surface area contributed by atoms with Gasteiger partial charge in [-0.15, -0.1) is 11.3 Å². The van der Waals surface area contributed by atoms with Gasteiger partial charge in [-0.1, -0.05) is 18.2 Å². The fraction of sp³-hybridized carbons (Fsp3) is 0.286. The normalized spacial score (nSPS) is 19.3. The average Bonchev–Trinajstić information content (AvgIpc) is 2.97. The van der Waals surface area contributed by atoms with Crippen LogP contribution >= 0.6 is 11.3 Å². The molecule has 1 aromatic carbocycles. The number of thiophene rings is 1. The van der Waals surface area contributed by atoms with Gasteiger partial charge >= 0.3 is 0 Å². The van der Waals surface area contributed by atoms with E-state index in [4.69, 9.17) is 10.6 Å². The summed E-state index contributed by atoms with van der Waals surface area (Å²) in [4.78, 5) is 1.29. The molecule has 2 atom stereocenters. The van der Waals surface area contributed by atoms with Gasteiger partial charge in [0.05, 0.1) is 6.04 Å². The summed E-state index contributed by atoms with van der Waals surface area (Å²) >= 11 is 1.74. The molecule has 0 aliphatic carbocycles. The Morgan fingerprint density at radius 1 is 1.39 bits per heavy atom. The van der Waals surface area contributed by atoms with Crippen molar-refractivity contribution in [3.05, 3.63) is 51.7 Å². The molecule has 94 valence electrons. The summed E-state index contributed by atoms with van der Waals surface area (Å²) in [6.07, 6.45) is 0.973. The fourth-order valence-corrected chi connectivity index (χ4v) is 3.26. The van der Waals surface area contributed by atoms with Crippen LogP contribution in [0.1, 0.15) is 22.0 Å². The number of aryl methyl sites for hydroxylation is 1. The molecule has 0 fully saturated rings. The largest absolute Gasteiger partial charge is 0.488 e. The summed E-state index contributed by atoms with van der Waals surface area (Å²) < 4.78 is 6.00. The van der Waals surface area contributed by atoms with Crippen LogP contribution in [-0.2, 0) is 6.42 Å². The zero-order valence-electron chi connectivity index (χ0n) is 10.2. The first-order chi connectivity index (χ1) is 8.79. The minimum Gasteiger partial charge on any atom is -0.488 e. The highest BCUT2D eigenvalue weighted by molar-refractivity contribution is 7.10. The van der Waals surface area contributed by atoms with Gasteiger partial charge in [-0.25, -0.2) is 5.43 Å². The van der Waals surface area contributed by atoms with Crippen molar-refractivity contribution in [2.24, 2.45) is 5.84 Å². The molecule has 0 spiro atoms. The second-order valence-electron chi connectivity index (χ2n) is 4.54. The van der Waals surface area contributed by atoms with Crippen molar-refractivity contribution in [2.75, 3.05) is 0 Å². The number of nitrogens with one attached hydrogen (secondary N) is 1. The summed E-state index contributed by atoms with van der Waals surface area (Å²) in [5.41, 5.74) is 5.40. The van der Waals surface area contributed by atoms with Crippen LogP contribution in [0.25, 0.3) is 0 Å². The quantitative estimate of drug-likeness (QED) is 0.658. The van der Waals surface area contributed by atoms with Gasteiger partial charge in [0.2, 0.25) is 0 Å². The van der Waals surface area contributed by atoms with E-state index in [1.807, 2.05) is 18.2 Å². The molecule has 2 aromatic rings. The van der Waals surface area contributed by atoms with E-state index in [1.54, 1.807) is 11.3 Å². The predicted molar refractivity (Wildman–Crippen MR) is 73.7 cm³/mol. The van der Waals surface area contributed by atoms with E-state index in [0.717, 1.165) is 12.2 Å². The van der Waals surface area contributed by atoms with Gasteiger partial charge in [0.1, 0.15) is 11.9 Å². The van der Waals surface area contributed by atoms with Crippen LogP contribution in [0.15, 0.2) is 35.7 Å². The van der Waals surface area contributed by atoms with Gasteiger partial charge in [-0.3, -0.25) is 5.84 Å². The predicted octanol–water partition coefficient (Wildman–Crippen LogP) is 2.56. The summed E-state index contributed by atoms with van der Waals surface area (Å²) in [5.74, 6) is 6.70. The average molecular weight is 260 g/mol. The van der Waals surface area contributed by atoms with Crippen molar-refractivity contribution in [2.45, 2.75) is 25.5 Å². The van der Waals surface area contributed by atoms with E-state index in [1.165, 1.54) is 16.0 Å². The first-order valence-electron chi connectivity index (χ1n) is 6.04. The molecule has 1 aliphatic heterocycles. The molecule has 0 saturated carbocycles. The number of para-hydroxylation sites is 1. The van der Waals surface area contributed by atoms with E-state index >= 15 is 0 Å². The topological polar surface area (TPSA) is 47.3 Å². The number of hydrogen-bond donors (Lipinski definition) is 2. The highest BCUT2D eigenvalue weighted by atomic mass is 32.1. The zero-order chi connectivity index (χ0) is 12.5. The molecular formula is C14H16N2OS. The summed E-state index contributed by atoms with van der Waals surface area (Å²) in [5, 5.41) is 2.09. The smallest absolute Gasteiger partial charge is 0.124 e. The fourth-order valence-electron chi connectivity index (χ4n) is 2.51. The zero-order valence-corrected chi connectivity index (χ0v) is 11.0. The maximum atomic E-state index is 6.00. The Labute approximate surface area is 111 Å². The number of fused-ring (bicyclic) bond motifs is 1. The molecule has 0 amide bonds. The Hall–Kier alpha value is -1.36. The highest BCUT2D eigenvalue weighted by Gasteiger charge is 2.31. The van der Waals surface area contributed by atoms with Crippen LogP contribution in [0.2, 0.25) is 0 Å². The summed E-state index contributed by atoms with van der Waals surface area (Å²) in [7, 11) is 0. The van der Waals surface area contributed by atoms with Gasteiger partial charge < -0.3 is 4.74 Å². The molecule has 3 N–H and O–H groups in total. The van der Waals surface area contributed by atoms with Crippen LogP contribution in [0.3, 0.4) is 0 Å². The molecular weight excluding hydrogens is 244 g/mol. The third-order valence-electron chi connectivity index (χ3n) is 3.46. The van der Waals surface area contributed by atoms with Crippen LogP contribution in [-0.4, -0.2) is 6.10 Å². The summed E-state index contributed by atoms with van der Waals surface area (Å²) in [6, 6.07) is 10.3. The molecule has 3 nitrogen and oxygen atoms in total. The molecule has 1 aromatic heterocycles. The van der Waals surface area contributed by atoms with Crippen LogP contribution in [0.4, 0.5) is 0 Å². The minimum atomic E-state index is 0.0450. The second kappa shape index (κ2) is 4.72. The SMILES string of the molecule is Cc1sccc1C(NN)C1Cc2ccccc2O1. The molecule has 1 aliphatic rings. The molecule has 18 heavy (non-hydrogen) atoms. The minimum absolute atomic E-state index is 0.0450. The molecule has 0 bridgehead atoms. The Kier molecular flexibility index (Phi) is 3.07. The van der Waals surface area contributed by atoms with E-state index in [9.17, 15) is 0 Å². The first-order valence-corrected chi connectivity index (χ1v) is 6.92. The third kappa shape index (κ3) is 1.92. The van der Waals surface area contributed by atoms with Crippen LogP contribution in [0, 0.1) is 6.92 Å². The number of ether oxygens (including phenoxy) is 1. The maximum absolute atomic E-state index is 6.00. The van der Waals surface area contributed by atoms with Crippen LogP contribution < -0.4 is 16.0 Å². The molecule has 2 heterocycles. The van der Waals surface area contributed by atoms with Crippen molar-refractivity contribution < 1.29 is 4.74 Å². The second-order valence-corrected chi connectivity index (χ2v) is 5.66. The van der Waals surface area contributed by atoms with E-state index in [0.29, 0.717) is 0 Å². The van der Waals surface area contributed by atoms with Gasteiger partial charge in [0, 0.05) is 11.3 Å². The van der Waals surface area contributed by atoms with Crippen LogP contribution in [0.5, 0.6) is 5.75 Å². The Morgan fingerprint density at radius 2 is 2.22 bits per heavy atom. The monoisotopic (exact) mass is 260 g/mol. The van der Waals surface area contributed by atoms with Crippen molar-refractivity contribution in [1.29, 1.82) is 0 Å². The van der Waals surface area contributed by atoms with Gasteiger partial charge in [0.15, 0.2) is 0 Å². The standard InChI is InChI=1S/C14H16N2OS/c1-9-11(6-7-18-9)14(16-15)13-8-10-4-2-3-5-12(10)17-13/h2-7,13-14,16H,8,15H2,1H3. The Bertz CT molecular complexity index is 527. The van der Waals surface area contributed by atoms with Crippen molar-refractivity contribution in [3.63, 3.8) is 0 Å². The number of benzene rings is 1. The summed E-state index contributed by atoms with van der Waals surface area (Å²) in [6.45, 7) is 2.12.